The minimum Gasteiger partial charge on any atom is -0.494 e. The fourth-order valence-electron chi connectivity index (χ4n) is 3.93. The summed E-state index contributed by atoms with van der Waals surface area (Å²) in [6, 6.07) is 8.01. The Morgan fingerprint density at radius 2 is 1.79 bits per heavy atom. The predicted octanol–water partition coefficient (Wildman–Crippen LogP) is 3.57. The summed E-state index contributed by atoms with van der Waals surface area (Å²) in [5.74, 6) is 1.02. The second-order valence-electron chi connectivity index (χ2n) is 6.94. The number of hydrogen-bond acceptors (Lipinski definition) is 3. The Labute approximate surface area is 145 Å². The molecule has 1 atom stereocenters. The average molecular weight is 330 g/mol. The van der Waals surface area contributed by atoms with Crippen molar-refractivity contribution in [3.8, 4) is 5.75 Å². The summed E-state index contributed by atoms with van der Waals surface area (Å²) in [5.41, 5.74) is 0.784. The Morgan fingerprint density at radius 3 is 2.50 bits per heavy atom. The molecule has 0 aliphatic carbocycles. The summed E-state index contributed by atoms with van der Waals surface area (Å²) in [6.45, 7) is 7.13. The molecular formula is C20H30N2O2. The largest absolute Gasteiger partial charge is 0.494 e. The van der Waals surface area contributed by atoms with Crippen LogP contribution in [0.4, 0.5) is 0 Å². The van der Waals surface area contributed by atoms with Crippen molar-refractivity contribution in [3.05, 3.63) is 29.8 Å². The fourth-order valence-corrected chi connectivity index (χ4v) is 3.93. The highest BCUT2D eigenvalue weighted by Crippen LogP contribution is 2.24. The zero-order chi connectivity index (χ0) is 16.8. The lowest BCUT2D eigenvalue weighted by atomic mass is 9.98. The third kappa shape index (κ3) is 4.29. The Morgan fingerprint density at radius 1 is 1.08 bits per heavy atom. The molecule has 4 nitrogen and oxygen atoms in total. The van der Waals surface area contributed by atoms with Crippen molar-refractivity contribution in [1.82, 2.24) is 9.80 Å². The van der Waals surface area contributed by atoms with E-state index in [1.807, 2.05) is 31.2 Å². The molecule has 1 aromatic rings. The van der Waals surface area contributed by atoms with Crippen LogP contribution in [-0.4, -0.2) is 54.5 Å². The van der Waals surface area contributed by atoms with Gasteiger partial charge in [0.15, 0.2) is 0 Å². The van der Waals surface area contributed by atoms with E-state index in [1.54, 1.807) is 0 Å². The predicted molar refractivity (Wildman–Crippen MR) is 96.6 cm³/mol. The second-order valence-corrected chi connectivity index (χ2v) is 6.94. The number of carbonyl (C=O) groups excluding carboxylic acids is 1. The minimum atomic E-state index is 0.184. The van der Waals surface area contributed by atoms with Gasteiger partial charge in [0.2, 0.25) is 0 Å². The van der Waals surface area contributed by atoms with Crippen LogP contribution in [0.15, 0.2) is 24.3 Å². The first kappa shape index (κ1) is 17.3. The van der Waals surface area contributed by atoms with Crippen LogP contribution < -0.4 is 4.74 Å². The van der Waals surface area contributed by atoms with Gasteiger partial charge in [0, 0.05) is 24.7 Å². The number of hydrogen-bond donors (Lipinski definition) is 0. The molecule has 2 aliphatic rings. The van der Waals surface area contributed by atoms with Crippen molar-refractivity contribution < 1.29 is 9.53 Å². The summed E-state index contributed by atoms with van der Waals surface area (Å²) >= 11 is 0. The van der Waals surface area contributed by atoms with Gasteiger partial charge in [0.25, 0.3) is 5.91 Å². The van der Waals surface area contributed by atoms with Crippen LogP contribution in [0.1, 0.15) is 55.8 Å². The Kier molecular flexibility index (Phi) is 6.13. The van der Waals surface area contributed by atoms with Crippen LogP contribution in [-0.2, 0) is 0 Å². The number of rotatable bonds is 6. The van der Waals surface area contributed by atoms with Crippen LogP contribution in [0.5, 0.6) is 5.75 Å². The molecule has 0 saturated carbocycles. The molecule has 1 aromatic carbocycles. The monoisotopic (exact) mass is 330 g/mol. The maximum atomic E-state index is 12.9. The van der Waals surface area contributed by atoms with Crippen LogP contribution in [0.3, 0.4) is 0 Å². The molecule has 0 spiro atoms. The number of likely N-dealkylation sites (tertiary alicyclic amines) is 2. The standard InChI is InChI=1S/C20H30N2O2/c1-2-24-19-10-8-17(9-11-19)20(23)22-15-4-3-7-18(22)12-16-21-13-5-6-14-21/h8-11,18H,2-7,12-16H2,1H3/t18-/m1/s1. The Hall–Kier alpha value is -1.55. The van der Waals surface area contributed by atoms with Gasteiger partial charge in [-0.15, -0.1) is 0 Å². The number of nitrogens with zero attached hydrogens (tertiary/aromatic N) is 2. The van der Waals surface area contributed by atoms with E-state index in [-0.39, 0.29) is 5.91 Å². The lowest BCUT2D eigenvalue weighted by Crippen LogP contribution is -2.45. The molecule has 4 heteroatoms. The number of benzene rings is 1. The number of amides is 1. The zero-order valence-electron chi connectivity index (χ0n) is 14.9. The van der Waals surface area contributed by atoms with Crippen LogP contribution >= 0.6 is 0 Å². The van der Waals surface area contributed by atoms with Gasteiger partial charge in [-0.05, 0) is 82.8 Å². The Balaban J connectivity index is 1.61. The molecule has 0 aromatic heterocycles. The SMILES string of the molecule is CCOc1ccc(C(=O)N2CCCC[C@@H]2CCN2CCCC2)cc1. The van der Waals surface area contributed by atoms with Crippen molar-refractivity contribution in [3.63, 3.8) is 0 Å². The quantitative estimate of drug-likeness (QED) is 0.799. The molecule has 0 unspecified atom stereocenters. The topological polar surface area (TPSA) is 32.8 Å². The third-order valence-electron chi connectivity index (χ3n) is 5.28. The second kappa shape index (κ2) is 8.52. The van der Waals surface area contributed by atoms with Crippen molar-refractivity contribution in [1.29, 1.82) is 0 Å². The normalized spacial score (nSPS) is 21.9. The van der Waals surface area contributed by atoms with Crippen LogP contribution in [0.25, 0.3) is 0 Å². The van der Waals surface area contributed by atoms with E-state index in [0.29, 0.717) is 12.6 Å². The average Bonchev–Trinajstić information content (AvgIpc) is 3.14. The van der Waals surface area contributed by atoms with E-state index in [0.717, 1.165) is 43.7 Å². The van der Waals surface area contributed by atoms with Gasteiger partial charge in [-0.1, -0.05) is 0 Å². The van der Waals surface area contributed by atoms with Crippen molar-refractivity contribution >= 4 is 5.91 Å². The first-order chi connectivity index (χ1) is 11.8. The Bertz CT molecular complexity index is 523. The summed E-state index contributed by atoms with van der Waals surface area (Å²) < 4.78 is 5.47. The molecule has 24 heavy (non-hydrogen) atoms. The van der Waals surface area contributed by atoms with Gasteiger partial charge in [0.1, 0.15) is 5.75 Å². The number of ether oxygens (including phenoxy) is 1. The molecule has 3 rings (SSSR count). The molecule has 0 N–H and O–H groups in total. The molecule has 2 heterocycles. The zero-order valence-corrected chi connectivity index (χ0v) is 14.9. The number of piperidine rings is 1. The van der Waals surface area contributed by atoms with Gasteiger partial charge in [-0.2, -0.15) is 0 Å². The van der Waals surface area contributed by atoms with Gasteiger partial charge >= 0.3 is 0 Å². The van der Waals surface area contributed by atoms with Crippen LogP contribution in [0.2, 0.25) is 0 Å². The van der Waals surface area contributed by atoms with Gasteiger partial charge in [-0.3, -0.25) is 4.79 Å². The van der Waals surface area contributed by atoms with Crippen molar-refractivity contribution in [2.75, 3.05) is 32.8 Å². The van der Waals surface area contributed by atoms with E-state index >= 15 is 0 Å². The molecule has 2 fully saturated rings. The van der Waals surface area contributed by atoms with Gasteiger partial charge in [-0.25, -0.2) is 0 Å². The maximum Gasteiger partial charge on any atom is 0.254 e. The molecular weight excluding hydrogens is 300 g/mol. The highest BCUT2D eigenvalue weighted by Gasteiger charge is 2.28. The number of carbonyl (C=O) groups is 1. The highest BCUT2D eigenvalue weighted by molar-refractivity contribution is 5.94. The lowest BCUT2D eigenvalue weighted by molar-refractivity contribution is 0.0588. The van der Waals surface area contributed by atoms with E-state index in [9.17, 15) is 4.79 Å². The summed E-state index contributed by atoms with van der Waals surface area (Å²) in [6.07, 6.45) is 7.30. The van der Waals surface area contributed by atoms with E-state index in [1.165, 1.54) is 32.4 Å². The molecule has 0 bridgehead atoms. The molecule has 132 valence electrons. The molecule has 1 amide bonds. The summed E-state index contributed by atoms with van der Waals surface area (Å²) in [5, 5.41) is 0. The maximum absolute atomic E-state index is 12.9. The molecule has 0 radical (unpaired) electrons. The van der Waals surface area contributed by atoms with Gasteiger partial charge < -0.3 is 14.5 Å². The van der Waals surface area contributed by atoms with Crippen LogP contribution in [0, 0.1) is 0 Å². The molecule has 2 aliphatic heterocycles. The third-order valence-corrected chi connectivity index (χ3v) is 5.28. The highest BCUT2D eigenvalue weighted by atomic mass is 16.5. The fraction of sp³-hybridized carbons (Fsp3) is 0.650. The van der Waals surface area contributed by atoms with Crippen molar-refractivity contribution in [2.24, 2.45) is 0 Å². The van der Waals surface area contributed by atoms with Gasteiger partial charge in [0.05, 0.1) is 6.61 Å². The summed E-state index contributed by atoms with van der Waals surface area (Å²) in [7, 11) is 0. The van der Waals surface area contributed by atoms with Crippen molar-refractivity contribution in [2.45, 2.75) is 51.5 Å². The lowest BCUT2D eigenvalue weighted by Gasteiger charge is -2.36. The first-order valence-electron chi connectivity index (χ1n) is 9.54. The minimum absolute atomic E-state index is 0.184. The smallest absolute Gasteiger partial charge is 0.254 e. The summed E-state index contributed by atoms with van der Waals surface area (Å²) in [4.78, 5) is 17.6. The van der Waals surface area contributed by atoms with E-state index in [2.05, 4.69) is 9.80 Å². The van der Waals surface area contributed by atoms with E-state index < -0.39 is 0 Å². The first-order valence-corrected chi connectivity index (χ1v) is 9.54. The molecule has 2 saturated heterocycles. The van der Waals surface area contributed by atoms with E-state index in [4.69, 9.17) is 4.74 Å².